The van der Waals surface area contributed by atoms with Gasteiger partial charge in [-0.05, 0) is 19.0 Å². The third kappa shape index (κ3) is 10.9. The summed E-state index contributed by atoms with van der Waals surface area (Å²) >= 11 is 0. The zero-order valence-electron chi connectivity index (χ0n) is 12.2. The first-order chi connectivity index (χ1) is 8.74. The van der Waals surface area contributed by atoms with E-state index in [4.69, 9.17) is 19.9 Å². The zero-order chi connectivity index (χ0) is 13.6. The lowest BCUT2D eigenvalue weighted by Crippen LogP contribution is -2.34. The summed E-state index contributed by atoms with van der Waals surface area (Å²) in [4.78, 5) is 2.36. The fourth-order valence-corrected chi connectivity index (χ4v) is 1.55. The first kappa shape index (κ1) is 17.8. The number of nitrogens with zero attached hydrogens (tertiary/aromatic N) is 1. The molecule has 0 aromatic heterocycles. The average molecular weight is 262 g/mol. The minimum absolute atomic E-state index is 0.544. The topological polar surface area (TPSA) is 57.0 Å². The lowest BCUT2D eigenvalue weighted by atomic mass is 10.2. The first-order valence-corrected chi connectivity index (χ1v) is 6.81. The van der Waals surface area contributed by atoms with E-state index in [1.54, 1.807) is 7.11 Å². The van der Waals surface area contributed by atoms with Gasteiger partial charge in [0.2, 0.25) is 0 Å². The number of methoxy groups -OCH3 is 1. The number of rotatable bonds is 13. The van der Waals surface area contributed by atoms with Gasteiger partial charge in [-0.15, -0.1) is 0 Å². The van der Waals surface area contributed by atoms with Crippen LogP contribution in [0.2, 0.25) is 0 Å². The van der Waals surface area contributed by atoms with Crippen molar-refractivity contribution in [2.75, 3.05) is 66.3 Å². The SMILES string of the molecule is CCN(CCOCCOCCOC)CC(C)CN. The molecule has 1 unspecified atom stereocenters. The van der Waals surface area contributed by atoms with Crippen molar-refractivity contribution >= 4 is 0 Å². The van der Waals surface area contributed by atoms with Gasteiger partial charge >= 0.3 is 0 Å². The van der Waals surface area contributed by atoms with Gasteiger partial charge in [-0.1, -0.05) is 13.8 Å². The van der Waals surface area contributed by atoms with Crippen LogP contribution < -0.4 is 5.73 Å². The van der Waals surface area contributed by atoms with Crippen molar-refractivity contribution in [1.29, 1.82) is 0 Å². The molecule has 18 heavy (non-hydrogen) atoms. The van der Waals surface area contributed by atoms with E-state index < -0.39 is 0 Å². The van der Waals surface area contributed by atoms with Crippen LogP contribution in [-0.4, -0.2) is 71.2 Å². The minimum atomic E-state index is 0.544. The van der Waals surface area contributed by atoms with Crippen LogP contribution in [0.4, 0.5) is 0 Å². The van der Waals surface area contributed by atoms with E-state index in [9.17, 15) is 0 Å². The Morgan fingerprint density at radius 2 is 1.67 bits per heavy atom. The quantitative estimate of drug-likeness (QED) is 0.492. The Labute approximate surface area is 112 Å². The Bertz CT molecular complexity index is 170. The van der Waals surface area contributed by atoms with Crippen molar-refractivity contribution in [3.05, 3.63) is 0 Å². The number of hydrogen-bond donors (Lipinski definition) is 1. The van der Waals surface area contributed by atoms with Crippen molar-refractivity contribution in [2.24, 2.45) is 11.7 Å². The summed E-state index contributed by atoms with van der Waals surface area (Å²) in [6.07, 6.45) is 0. The zero-order valence-corrected chi connectivity index (χ0v) is 12.2. The maximum atomic E-state index is 5.62. The van der Waals surface area contributed by atoms with E-state index in [2.05, 4.69) is 18.7 Å². The minimum Gasteiger partial charge on any atom is -0.382 e. The molecule has 0 radical (unpaired) electrons. The summed E-state index contributed by atoms with van der Waals surface area (Å²) in [6, 6.07) is 0. The van der Waals surface area contributed by atoms with E-state index in [1.807, 2.05) is 0 Å². The van der Waals surface area contributed by atoms with Gasteiger partial charge < -0.3 is 24.8 Å². The fourth-order valence-electron chi connectivity index (χ4n) is 1.55. The third-order valence-electron chi connectivity index (χ3n) is 2.78. The Hall–Kier alpha value is -0.200. The van der Waals surface area contributed by atoms with Crippen molar-refractivity contribution in [2.45, 2.75) is 13.8 Å². The molecular formula is C13H30N2O3. The Morgan fingerprint density at radius 3 is 2.22 bits per heavy atom. The normalized spacial score (nSPS) is 13.2. The lowest BCUT2D eigenvalue weighted by molar-refractivity contribution is 0.0191. The summed E-state index contributed by atoms with van der Waals surface area (Å²) < 4.78 is 15.7. The van der Waals surface area contributed by atoms with Crippen LogP contribution in [0.1, 0.15) is 13.8 Å². The molecule has 0 bridgehead atoms. The van der Waals surface area contributed by atoms with Gasteiger partial charge in [-0.2, -0.15) is 0 Å². The molecule has 0 amide bonds. The predicted octanol–water partition coefficient (Wildman–Crippen LogP) is 0.583. The molecule has 0 fully saturated rings. The van der Waals surface area contributed by atoms with Gasteiger partial charge in [0.15, 0.2) is 0 Å². The first-order valence-electron chi connectivity index (χ1n) is 6.81. The standard InChI is InChI=1S/C13H30N2O3/c1-4-15(12-13(2)11-14)5-6-17-9-10-18-8-7-16-3/h13H,4-12,14H2,1-3H3. The molecule has 0 aliphatic heterocycles. The van der Waals surface area contributed by atoms with E-state index in [0.717, 1.165) is 32.8 Å². The number of ether oxygens (including phenoxy) is 3. The van der Waals surface area contributed by atoms with E-state index in [1.165, 1.54) is 0 Å². The fraction of sp³-hybridized carbons (Fsp3) is 1.00. The highest BCUT2D eigenvalue weighted by Crippen LogP contribution is 1.97. The van der Waals surface area contributed by atoms with Gasteiger partial charge in [0, 0.05) is 20.2 Å². The van der Waals surface area contributed by atoms with E-state index in [-0.39, 0.29) is 0 Å². The van der Waals surface area contributed by atoms with Crippen LogP contribution in [0.25, 0.3) is 0 Å². The third-order valence-corrected chi connectivity index (χ3v) is 2.78. The molecule has 0 saturated heterocycles. The molecule has 0 aromatic rings. The van der Waals surface area contributed by atoms with Crippen molar-refractivity contribution in [3.8, 4) is 0 Å². The predicted molar refractivity (Wildman–Crippen MR) is 73.8 cm³/mol. The van der Waals surface area contributed by atoms with Gasteiger partial charge in [-0.3, -0.25) is 0 Å². The lowest BCUT2D eigenvalue weighted by Gasteiger charge is -2.23. The van der Waals surface area contributed by atoms with Gasteiger partial charge in [0.25, 0.3) is 0 Å². The number of likely N-dealkylation sites (N-methyl/N-ethyl adjacent to an activating group) is 1. The molecule has 5 heteroatoms. The van der Waals surface area contributed by atoms with Crippen LogP contribution >= 0.6 is 0 Å². The highest BCUT2D eigenvalue weighted by Gasteiger charge is 2.06. The molecule has 0 aliphatic rings. The van der Waals surface area contributed by atoms with Crippen LogP contribution in [-0.2, 0) is 14.2 Å². The maximum absolute atomic E-state index is 5.62. The largest absolute Gasteiger partial charge is 0.382 e. The summed E-state index contributed by atoms with van der Waals surface area (Å²) in [6.45, 7) is 11.4. The van der Waals surface area contributed by atoms with Crippen molar-refractivity contribution in [3.63, 3.8) is 0 Å². The van der Waals surface area contributed by atoms with E-state index >= 15 is 0 Å². The molecule has 110 valence electrons. The average Bonchev–Trinajstić information content (AvgIpc) is 2.40. The maximum Gasteiger partial charge on any atom is 0.0701 e. The summed E-state index contributed by atoms with van der Waals surface area (Å²) in [7, 11) is 1.67. The van der Waals surface area contributed by atoms with Crippen molar-refractivity contribution < 1.29 is 14.2 Å². The van der Waals surface area contributed by atoms with Crippen LogP contribution in [0.5, 0.6) is 0 Å². The highest BCUT2D eigenvalue weighted by molar-refractivity contribution is 4.61. The molecule has 0 spiro atoms. The number of nitrogens with two attached hydrogens (primary N) is 1. The molecule has 0 aliphatic carbocycles. The molecule has 2 N–H and O–H groups in total. The molecule has 1 atom stereocenters. The van der Waals surface area contributed by atoms with Gasteiger partial charge in [0.05, 0.1) is 33.0 Å². The molecule has 0 aromatic carbocycles. The monoisotopic (exact) mass is 262 g/mol. The van der Waals surface area contributed by atoms with Crippen molar-refractivity contribution in [1.82, 2.24) is 4.90 Å². The summed E-state index contributed by atoms with van der Waals surface area (Å²) in [5, 5.41) is 0. The molecular weight excluding hydrogens is 232 g/mol. The van der Waals surface area contributed by atoms with Gasteiger partial charge in [-0.25, -0.2) is 0 Å². The smallest absolute Gasteiger partial charge is 0.0701 e. The van der Waals surface area contributed by atoms with Crippen LogP contribution in [0, 0.1) is 5.92 Å². The highest BCUT2D eigenvalue weighted by atomic mass is 16.5. The molecule has 0 saturated carbocycles. The second-order valence-electron chi connectivity index (χ2n) is 4.45. The summed E-state index contributed by atoms with van der Waals surface area (Å²) in [5.74, 6) is 0.544. The Kier molecular flexibility index (Phi) is 13.1. The summed E-state index contributed by atoms with van der Waals surface area (Å²) in [5.41, 5.74) is 5.62. The molecule has 0 heterocycles. The Morgan fingerprint density at radius 1 is 1.06 bits per heavy atom. The molecule has 5 nitrogen and oxygen atoms in total. The van der Waals surface area contributed by atoms with Gasteiger partial charge in [0.1, 0.15) is 0 Å². The van der Waals surface area contributed by atoms with Crippen LogP contribution in [0.15, 0.2) is 0 Å². The second kappa shape index (κ2) is 13.2. The Balaban J connectivity index is 3.34. The van der Waals surface area contributed by atoms with E-state index in [0.29, 0.717) is 32.3 Å². The molecule has 0 rings (SSSR count). The number of hydrogen-bond acceptors (Lipinski definition) is 5. The van der Waals surface area contributed by atoms with Crippen LogP contribution in [0.3, 0.4) is 0 Å². The second-order valence-corrected chi connectivity index (χ2v) is 4.45.